The summed E-state index contributed by atoms with van der Waals surface area (Å²) in [5, 5.41) is 9.65. The molecule has 4 aromatic rings. The topological polar surface area (TPSA) is 73.6 Å². The molecular formula is C19H14ClN5OS. The molecule has 0 atom stereocenters. The second kappa shape index (κ2) is 7.46. The normalized spacial score (nSPS) is 11.0. The molecule has 0 fully saturated rings. The van der Waals surface area contributed by atoms with Crippen molar-refractivity contribution in [3.63, 3.8) is 0 Å². The third-order valence-electron chi connectivity index (χ3n) is 3.99. The summed E-state index contributed by atoms with van der Waals surface area (Å²) in [5.74, 6) is 0.236. The number of aryl methyl sites for hydroxylation is 1. The molecule has 0 saturated carbocycles. The first kappa shape index (κ1) is 17.6. The van der Waals surface area contributed by atoms with Crippen LogP contribution in [0.5, 0.6) is 0 Å². The molecule has 0 aliphatic heterocycles. The number of halogens is 1. The molecule has 0 aliphatic carbocycles. The Bertz CT molecular complexity index is 1110. The SMILES string of the molecule is Cc1ccc(-n2nnc3c(SCC(=O)c4ccc(Cl)cc4)ncnc32)cc1. The first-order valence-electron chi connectivity index (χ1n) is 8.17. The number of rotatable bonds is 5. The molecule has 2 aromatic heterocycles. The van der Waals surface area contributed by atoms with Gasteiger partial charge in [-0.15, -0.1) is 5.10 Å². The van der Waals surface area contributed by atoms with Crippen molar-refractivity contribution in [2.24, 2.45) is 0 Å². The maximum atomic E-state index is 12.4. The standard InChI is InChI=1S/C19H14ClN5OS/c1-12-2-8-15(9-3-12)25-18-17(23-24-25)19(22-11-21-18)27-10-16(26)13-4-6-14(20)7-5-13/h2-9,11H,10H2,1H3. The highest BCUT2D eigenvalue weighted by Crippen LogP contribution is 2.25. The van der Waals surface area contributed by atoms with Crippen LogP contribution in [0.15, 0.2) is 59.9 Å². The minimum absolute atomic E-state index is 0.00523. The molecule has 134 valence electrons. The van der Waals surface area contributed by atoms with Crippen LogP contribution in [0.1, 0.15) is 15.9 Å². The zero-order valence-corrected chi connectivity index (χ0v) is 15.9. The Kier molecular flexibility index (Phi) is 4.87. The van der Waals surface area contributed by atoms with E-state index in [4.69, 9.17) is 11.6 Å². The molecular weight excluding hydrogens is 382 g/mol. The third-order valence-corrected chi connectivity index (χ3v) is 5.22. The van der Waals surface area contributed by atoms with Crippen molar-refractivity contribution in [2.75, 3.05) is 5.75 Å². The van der Waals surface area contributed by atoms with Gasteiger partial charge in [-0.25, -0.2) is 9.97 Å². The second-order valence-electron chi connectivity index (χ2n) is 5.91. The number of thioether (sulfide) groups is 1. The van der Waals surface area contributed by atoms with Crippen LogP contribution in [0.2, 0.25) is 5.02 Å². The molecule has 2 heterocycles. The van der Waals surface area contributed by atoms with Gasteiger partial charge in [0.2, 0.25) is 0 Å². The summed E-state index contributed by atoms with van der Waals surface area (Å²) in [6.45, 7) is 2.03. The van der Waals surface area contributed by atoms with Crippen molar-refractivity contribution >= 4 is 40.3 Å². The van der Waals surface area contributed by atoms with E-state index in [1.165, 1.54) is 18.1 Å². The maximum absolute atomic E-state index is 12.4. The molecule has 0 spiro atoms. The molecule has 0 bridgehead atoms. The number of carbonyl (C=O) groups is 1. The number of benzene rings is 2. The summed E-state index contributed by atoms with van der Waals surface area (Å²) in [6.07, 6.45) is 1.46. The fourth-order valence-electron chi connectivity index (χ4n) is 2.55. The van der Waals surface area contributed by atoms with Crippen molar-refractivity contribution in [3.05, 3.63) is 71.0 Å². The van der Waals surface area contributed by atoms with Crippen molar-refractivity contribution in [2.45, 2.75) is 11.9 Å². The summed E-state index contributed by atoms with van der Waals surface area (Å²) in [7, 11) is 0. The van der Waals surface area contributed by atoms with Gasteiger partial charge in [0.1, 0.15) is 11.4 Å². The minimum atomic E-state index is -0.00523. The van der Waals surface area contributed by atoms with Gasteiger partial charge in [0.25, 0.3) is 0 Å². The monoisotopic (exact) mass is 395 g/mol. The number of carbonyl (C=O) groups excluding carboxylic acids is 1. The molecule has 0 amide bonds. The molecule has 8 heteroatoms. The lowest BCUT2D eigenvalue weighted by atomic mass is 10.1. The van der Waals surface area contributed by atoms with E-state index in [0.717, 1.165) is 11.3 Å². The predicted octanol–water partition coefficient (Wildman–Crippen LogP) is 4.15. The van der Waals surface area contributed by atoms with Gasteiger partial charge in [0, 0.05) is 10.6 Å². The fraction of sp³-hybridized carbons (Fsp3) is 0.105. The zero-order chi connectivity index (χ0) is 18.8. The van der Waals surface area contributed by atoms with Gasteiger partial charge in [-0.05, 0) is 43.3 Å². The van der Waals surface area contributed by atoms with Gasteiger partial charge in [0.15, 0.2) is 16.9 Å². The number of nitrogens with zero attached hydrogens (tertiary/aromatic N) is 5. The molecule has 27 heavy (non-hydrogen) atoms. The van der Waals surface area contributed by atoms with Gasteiger partial charge >= 0.3 is 0 Å². The van der Waals surface area contributed by atoms with Gasteiger partial charge in [0.05, 0.1) is 11.4 Å². The fourth-order valence-corrected chi connectivity index (χ4v) is 3.50. The Hall–Kier alpha value is -2.77. The molecule has 0 unspecified atom stereocenters. The van der Waals surface area contributed by atoms with E-state index in [1.54, 1.807) is 28.9 Å². The number of fused-ring (bicyclic) bond motifs is 1. The van der Waals surface area contributed by atoms with Crippen molar-refractivity contribution < 1.29 is 4.79 Å². The van der Waals surface area contributed by atoms with Crippen LogP contribution in [0.25, 0.3) is 16.9 Å². The van der Waals surface area contributed by atoms with Crippen LogP contribution < -0.4 is 0 Å². The Morgan fingerprint density at radius 2 is 1.81 bits per heavy atom. The summed E-state index contributed by atoms with van der Waals surface area (Å²) >= 11 is 7.18. The van der Waals surface area contributed by atoms with Crippen molar-refractivity contribution in [1.29, 1.82) is 0 Å². The van der Waals surface area contributed by atoms with E-state index in [0.29, 0.717) is 26.8 Å². The largest absolute Gasteiger partial charge is 0.293 e. The lowest BCUT2D eigenvalue weighted by molar-refractivity contribution is 0.102. The van der Waals surface area contributed by atoms with E-state index in [-0.39, 0.29) is 11.5 Å². The average Bonchev–Trinajstić information content (AvgIpc) is 3.12. The minimum Gasteiger partial charge on any atom is -0.293 e. The number of aromatic nitrogens is 5. The molecule has 0 aliphatic rings. The van der Waals surface area contributed by atoms with Crippen LogP contribution in [0.3, 0.4) is 0 Å². The van der Waals surface area contributed by atoms with Crippen LogP contribution in [0.4, 0.5) is 0 Å². The van der Waals surface area contributed by atoms with Crippen LogP contribution >= 0.6 is 23.4 Å². The van der Waals surface area contributed by atoms with E-state index >= 15 is 0 Å². The summed E-state index contributed by atoms with van der Waals surface area (Å²) in [4.78, 5) is 21.0. The van der Waals surface area contributed by atoms with Gasteiger partial charge < -0.3 is 0 Å². The Balaban J connectivity index is 1.58. The van der Waals surface area contributed by atoms with E-state index in [2.05, 4.69) is 20.3 Å². The second-order valence-corrected chi connectivity index (χ2v) is 7.31. The number of hydrogen-bond donors (Lipinski definition) is 0. The first-order valence-corrected chi connectivity index (χ1v) is 9.53. The quantitative estimate of drug-likeness (QED) is 0.287. The lowest BCUT2D eigenvalue weighted by Gasteiger charge is -2.03. The van der Waals surface area contributed by atoms with E-state index in [1.807, 2.05) is 31.2 Å². The molecule has 6 nitrogen and oxygen atoms in total. The molecule has 2 aromatic carbocycles. The molecule has 4 rings (SSSR count). The Morgan fingerprint density at radius 1 is 1.07 bits per heavy atom. The summed E-state index contributed by atoms with van der Waals surface area (Å²) < 4.78 is 1.67. The number of Topliss-reactive ketones (excluding diaryl/α,β-unsaturated/α-hetero) is 1. The van der Waals surface area contributed by atoms with E-state index in [9.17, 15) is 4.79 Å². The van der Waals surface area contributed by atoms with Crippen molar-refractivity contribution in [3.8, 4) is 5.69 Å². The first-order chi connectivity index (χ1) is 13.1. The predicted molar refractivity (Wildman–Crippen MR) is 106 cm³/mol. The summed E-state index contributed by atoms with van der Waals surface area (Å²) in [6, 6.07) is 14.8. The number of hydrogen-bond acceptors (Lipinski definition) is 6. The van der Waals surface area contributed by atoms with E-state index < -0.39 is 0 Å². The third kappa shape index (κ3) is 3.70. The van der Waals surface area contributed by atoms with Crippen LogP contribution in [0, 0.1) is 6.92 Å². The smallest absolute Gasteiger partial charge is 0.187 e. The highest BCUT2D eigenvalue weighted by atomic mass is 35.5. The average molecular weight is 396 g/mol. The molecule has 0 radical (unpaired) electrons. The molecule has 0 saturated heterocycles. The Morgan fingerprint density at radius 3 is 2.56 bits per heavy atom. The summed E-state index contributed by atoms with van der Waals surface area (Å²) in [5.41, 5.74) is 3.83. The van der Waals surface area contributed by atoms with Gasteiger partial charge in [-0.3, -0.25) is 4.79 Å². The highest BCUT2D eigenvalue weighted by Gasteiger charge is 2.15. The van der Waals surface area contributed by atoms with Crippen molar-refractivity contribution in [1.82, 2.24) is 25.0 Å². The maximum Gasteiger partial charge on any atom is 0.187 e. The van der Waals surface area contributed by atoms with Gasteiger partial charge in [-0.2, -0.15) is 4.68 Å². The van der Waals surface area contributed by atoms with Crippen LogP contribution in [-0.4, -0.2) is 36.5 Å². The van der Waals surface area contributed by atoms with Crippen LogP contribution in [-0.2, 0) is 0 Å². The zero-order valence-electron chi connectivity index (χ0n) is 14.3. The molecule has 0 N–H and O–H groups in total. The Labute approximate surface area is 164 Å². The highest BCUT2D eigenvalue weighted by molar-refractivity contribution is 8.00. The number of ketones is 1. The lowest BCUT2D eigenvalue weighted by Crippen LogP contribution is -2.03. The van der Waals surface area contributed by atoms with Gasteiger partial charge in [-0.1, -0.05) is 46.3 Å².